The molecule has 1 unspecified atom stereocenters. The van der Waals surface area contributed by atoms with E-state index in [1.54, 1.807) is 12.4 Å². The van der Waals surface area contributed by atoms with Crippen molar-refractivity contribution < 1.29 is 9.53 Å². The molecule has 2 aromatic heterocycles. The highest BCUT2D eigenvalue weighted by Crippen LogP contribution is 2.26. The Balaban J connectivity index is 1.39. The number of morpholine rings is 1. The number of ether oxygens (including phenoxy) is 1. The molecule has 0 saturated carbocycles. The molecule has 8 nitrogen and oxygen atoms in total. The fourth-order valence-electron chi connectivity index (χ4n) is 4.03. The first-order valence-corrected chi connectivity index (χ1v) is 10.1. The average molecular weight is 384 g/mol. The van der Waals surface area contributed by atoms with Gasteiger partial charge in [-0.3, -0.25) is 14.7 Å². The molecule has 2 saturated heterocycles. The van der Waals surface area contributed by atoms with Gasteiger partial charge in [-0.1, -0.05) is 6.07 Å². The highest BCUT2D eigenvalue weighted by molar-refractivity contribution is 5.78. The van der Waals surface area contributed by atoms with Crippen molar-refractivity contribution in [1.82, 2.24) is 29.5 Å². The number of rotatable bonds is 5. The standard InChI is InChI=1S/C20H28N6O2/c1-24-18(15-25-8-10-28-11-9-25)22-23-20(24)17-5-3-7-26(14-17)19(27)12-16-4-2-6-21-13-16/h2,4,6,13,17H,3,5,7-12,14-15H2,1H3. The molecule has 0 aromatic carbocycles. The molecule has 4 rings (SSSR count). The van der Waals surface area contributed by atoms with Crippen LogP contribution in [0.4, 0.5) is 0 Å². The molecule has 150 valence electrons. The highest BCUT2D eigenvalue weighted by atomic mass is 16.5. The van der Waals surface area contributed by atoms with E-state index in [2.05, 4.69) is 24.6 Å². The van der Waals surface area contributed by atoms with Crippen LogP contribution in [-0.4, -0.2) is 74.8 Å². The van der Waals surface area contributed by atoms with E-state index in [1.807, 2.05) is 24.1 Å². The van der Waals surface area contributed by atoms with Gasteiger partial charge < -0.3 is 14.2 Å². The summed E-state index contributed by atoms with van der Waals surface area (Å²) >= 11 is 0. The van der Waals surface area contributed by atoms with Gasteiger partial charge in [0.05, 0.1) is 26.2 Å². The van der Waals surface area contributed by atoms with Crippen LogP contribution in [0.5, 0.6) is 0 Å². The molecule has 8 heteroatoms. The summed E-state index contributed by atoms with van der Waals surface area (Å²) in [7, 11) is 2.04. The molecule has 1 atom stereocenters. The molecule has 0 N–H and O–H groups in total. The smallest absolute Gasteiger partial charge is 0.227 e. The Hall–Kier alpha value is -2.32. The van der Waals surface area contributed by atoms with E-state index < -0.39 is 0 Å². The molecule has 2 aliphatic heterocycles. The number of nitrogens with zero attached hydrogens (tertiary/aromatic N) is 6. The fraction of sp³-hybridized carbons (Fsp3) is 0.600. The first-order valence-electron chi connectivity index (χ1n) is 10.1. The normalized spacial score (nSPS) is 21.0. The van der Waals surface area contributed by atoms with Crippen LogP contribution < -0.4 is 0 Å². The van der Waals surface area contributed by atoms with Crippen LogP contribution in [0, 0.1) is 0 Å². The number of hydrogen-bond acceptors (Lipinski definition) is 6. The first-order chi connectivity index (χ1) is 13.7. The van der Waals surface area contributed by atoms with Gasteiger partial charge in [0, 0.05) is 51.5 Å². The predicted molar refractivity (Wildman–Crippen MR) is 104 cm³/mol. The Morgan fingerprint density at radius 2 is 2.11 bits per heavy atom. The largest absolute Gasteiger partial charge is 0.379 e. The first kappa shape index (κ1) is 19.0. The van der Waals surface area contributed by atoms with Crippen molar-refractivity contribution in [2.45, 2.75) is 31.7 Å². The summed E-state index contributed by atoms with van der Waals surface area (Å²) in [5, 5.41) is 8.93. The summed E-state index contributed by atoms with van der Waals surface area (Å²) in [5.74, 6) is 2.37. The van der Waals surface area contributed by atoms with Gasteiger partial charge in [0.1, 0.15) is 11.6 Å². The van der Waals surface area contributed by atoms with E-state index in [0.29, 0.717) is 13.0 Å². The van der Waals surface area contributed by atoms with Crippen molar-refractivity contribution in [2.24, 2.45) is 7.05 Å². The maximum Gasteiger partial charge on any atom is 0.227 e. The number of pyridine rings is 1. The van der Waals surface area contributed by atoms with E-state index >= 15 is 0 Å². The lowest BCUT2D eigenvalue weighted by molar-refractivity contribution is -0.131. The molecular weight excluding hydrogens is 356 g/mol. The summed E-state index contributed by atoms with van der Waals surface area (Å²) < 4.78 is 7.54. The number of carbonyl (C=O) groups excluding carboxylic acids is 1. The monoisotopic (exact) mass is 384 g/mol. The third-order valence-corrected chi connectivity index (χ3v) is 5.68. The summed E-state index contributed by atoms with van der Waals surface area (Å²) in [6.45, 7) is 5.74. The van der Waals surface area contributed by atoms with Gasteiger partial charge >= 0.3 is 0 Å². The van der Waals surface area contributed by atoms with E-state index in [0.717, 1.165) is 69.4 Å². The zero-order valence-electron chi connectivity index (χ0n) is 16.5. The summed E-state index contributed by atoms with van der Waals surface area (Å²) in [6, 6.07) is 3.82. The maximum atomic E-state index is 12.7. The van der Waals surface area contributed by atoms with Crippen molar-refractivity contribution in [1.29, 1.82) is 0 Å². The fourth-order valence-corrected chi connectivity index (χ4v) is 4.03. The van der Waals surface area contributed by atoms with Gasteiger partial charge in [0.15, 0.2) is 0 Å². The van der Waals surface area contributed by atoms with Crippen LogP contribution in [-0.2, 0) is 29.5 Å². The Kier molecular flexibility index (Phi) is 5.97. The molecule has 2 fully saturated rings. The topological polar surface area (TPSA) is 76.4 Å². The van der Waals surface area contributed by atoms with Gasteiger partial charge in [0.2, 0.25) is 5.91 Å². The summed E-state index contributed by atoms with van der Waals surface area (Å²) in [6.07, 6.45) is 5.93. The lowest BCUT2D eigenvalue weighted by atomic mass is 9.96. The Bertz CT molecular complexity index is 787. The minimum atomic E-state index is 0.161. The number of hydrogen-bond donors (Lipinski definition) is 0. The lowest BCUT2D eigenvalue weighted by Crippen LogP contribution is -2.40. The second kappa shape index (κ2) is 8.79. The van der Waals surface area contributed by atoms with Gasteiger partial charge in [-0.05, 0) is 24.5 Å². The van der Waals surface area contributed by atoms with Gasteiger partial charge in [-0.2, -0.15) is 0 Å². The van der Waals surface area contributed by atoms with E-state index in [4.69, 9.17) is 4.74 Å². The van der Waals surface area contributed by atoms with Crippen molar-refractivity contribution in [3.8, 4) is 0 Å². The SMILES string of the molecule is Cn1c(CN2CCOCC2)nnc1C1CCCN(C(=O)Cc2cccnc2)C1. The number of carbonyl (C=O) groups is 1. The van der Waals surface area contributed by atoms with Crippen LogP contribution in [0.2, 0.25) is 0 Å². The van der Waals surface area contributed by atoms with Crippen molar-refractivity contribution in [3.63, 3.8) is 0 Å². The van der Waals surface area contributed by atoms with Crippen molar-refractivity contribution >= 4 is 5.91 Å². The van der Waals surface area contributed by atoms with Crippen LogP contribution in [0.1, 0.15) is 36.0 Å². The highest BCUT2D eigenvalue weighted by Gasteiger charge is 2.28. The zero-order chi connectivity index (χ0) is 19.3. The quantitative estimate of drug-likeness (QED) is 0.765. The van der Waals surface area contributed by atoms with Crippen molar-refractivity contribution in [3.05, 3.63) is 41.7 Å². The molecule has 2 aliphatic rings. The minimum absolute atomic E-state index is 0.161. The Labute approximate surface area is 165 Å². The average Bonchev–Trinajstić information content (AvgIpc) is 3.10. The Morgan fingerprint density at radius 1 is 1.25 bits per heavy atom. The molecule has 1 amide bonds. The van der Waals surface area contributed by atoms with Crippen LogP contribution >= 0.6 is 0 Å². The maximum absolute atomic E-state index is 12.7. The number of piperidine rings is 1. The lowest BCUT2D eigenvalue weighted by Gasteiger charge is -2.32. The minimum Gasteiger partial charge on any atom is -0.379 e. The summed E-state index contributed by atoms with van der Waals surface area (Å²) in [5.41, 5.74) is 0.959. The molecule has 0 spiro atoms. The van der Waals surface area contributed by atoms with Crippen LogP contribution in [0.25, 0.3) is 0 Å². The number of likely N-dealkylation sites (tertiary alicyclic amines) is 1. The molecule has 28 heavy (non-hydrogen) atoms. The van der Waals surface area contributed by atoms with Gasteiger partial charge in [-0.25, -0.2) is 0 Å². The molecule has 0 bridgehead atoms. The number of amides is 1. The van der Waals surface area contributed by atoms with Crippen LogP contribution in [0.3, 0.4) is 0 Å². The van der Waals surface area contributed by atoms with E-state index in [-0.39, 0.29) is 11.8 Å². The molecule has 0 radical (unpaired) electrons. The van der Waals surface area contributed by atoms with Crippen LogP contribution in [0.15, 0.2) is 24.5 Å². The third-order valence-electron chi connectivity index (χ3n) is 5.68. The summed E-state index contributed by atoms with van der Waals surface area (Å²) in [4.78, 5) is 21.2. The number of aromatic nitrogens is 4. The van der Waals surface area contributed by atoms with E-state index in [9.17, 15) is 4.79 Å². The third kappa shape index (κ3) is 4.39. The Morgan fingerprint density at radius 3 is 2.89 bits per heavy atom. The molecular formula is C20H28N6O2. The second-order valence-electron chi connectivity index (χ2n) is 7.64. The van der Waals surface area contributed by atoms with Gasteiger partial charge in [-0.15, -0.1) is 10.2 Å². The molecule has 2 aromatic rings. The molecule has 0 aliphatic carbocycles. The molecule has 4 heterocycles. The van der Waals surface area contributed by atoms with E-state index in [1.165, 1.54) is 0 Å². The second-order valence-corrected chi connectivity index (χ2v) is 7.64. The van der Waals surface area contributed by atoms with Crippen molar-refractivity contribution in [2.75, 3.05) is 39.4 Å². The predicted octanol–water partition coefficient (Wildman–Crippen LogP) is 0.991. The zero-order valence-corrected chi connectivity index (χ0v) is 16.5. The van der Waals surface area contributed by atoms with Gasteiger partial charge in [0.25, 0.3) is 0 Å².